The average molecular weight is 120 g/mol. The van der Waals surface area contributed by atoms with E-state index < -0.39 is 0 Å². The first-order chi connectivity index (χ1) is 3.63. The molecule has 50 valence electrons. The topological polar surface area (TPSA) is 46.9 Å². The van der Waals surface area contributed by atoms with Gasteiger partial charge in [-0.05, 0) is 0 Å². The molecule has 0 saturated carbocycles. The molecule has 0 aliphatic carbocycles. The van der Waals surface area contributed by atoms with E-state index in [9.17, 15) is 0 Å². The smallest absolute Gasteiger partial charge is 0.0385 e. The molecular weight excluding hydrogens is 108 g/mol. The maximum atomic E-state index is 8.50. The van der Waals surface area contributed by atoms with Crippen molar-refractivity contribution in [1.82, 2.24) is 10.1 Å². The Morgan fingerprint density at radius 3 is 1.38 bits per heavy atom. The number of nitrogens with zero attached hydrogens (tertiary/aromatic N) is 2. The standard InChI is InChI=1S/C4H12N2O2/c1-5(7)3-4-6(2)8/h7-8H,3-4H2,1-2H3. The lowest BCUT2D eigenvalue weighted by Gasteiger charge is -2.10. The first kappa shape index (κ1) is 7.84. The summed E-state index contributed by atoms with van der Waals surface area (Å²) in [4.78, 5) is 0. The van der Waals surface area contributed by atoms with Crippen LogP contribution in [-0.4, -0.2) is 47.7 Å². The van der Waals surface area contributed by atoms with Gasteiger partial charge < -0.3 is 10.4 Å². The van der Waals surface area contributed by atoms with Crippen molar-refractivity contribution in [3.8, 4) is 0 Å². The van der Waals surface area contributed by atoms with Crippen LogP contribution in [0.15, 0.2) is 0 Å². The summed E-state index contributed by atoms with van der Waals surface area (Å²) in [5.74, 6) is 0. The predicted molar refractivity (Wildman–Crippen MR) is 28.8 cm³/mol. The minimum Gasteiger partial charge on any atom is -0.314 e. The fourth-order valence-electron chi connectivity index (χ4n) is 0.289. The zero-order chi connectivity index (χ0) is 6.57. The van der Waals surface area contributed by atoms with Crippen LogP contribution in [0.25, 0.3) is 0 Å². The highest BCUT2D eigenvalue weighted by Crippen LogP contribution is 1.75. The van der Waals surface area contributed by atoms with Gasteiger partial charge in [0.2, 0.25) is 0 Å². The molecule has 0 radical (unpaired) electrons. The van der Waals surface area contributed by atoms with E-state index in [-0.39, 0.29) is 0 Å². The zero-order valence-corrected chi connectivity index (χ0v) is 5.20. The molecule has 0 unspecified atom stereocenters. The average Bonchev–Trinajstić information content (AvgIpc) is 1.61. The summed E-state index contributed by atoms with van der Waals surface area (Å²) in [6.45, 7) is 0.903. The third-order valence-electron chi connectivity index (χ3n) is 0.747. The Bertz CT molecular complexity index is 48.0. The minimum absolute atomic E-state index is 0.451. The lowest BCUT2D eigenvalue weighted by atomic mass is 10.6. The molecule has 0 aromatic heterocycles. The van der Waals surface area contributed by atoms with Crippen molar-refractivity contribution in [1.29, 1.82) is 0 Å². The Morgan fingerprint density at radius 1 is 1.00 bits per heavy atom. The van der Waals surface area contributed by atoms with E-state index in [2.05, 4.69) is 0 Å². The van der Waals surface area contributed by atoms with Gasteiger partial charge in [0.1, 0.15) is 0 Å². The van der Waals surface area contributed by atoms with Crippen LogP contribution in [0.5, 0.6) is 0 Å². The highest BCUT2D eigenvalue weighted by molar-refractivity contribution is 4.37. The van der Waals surface area contributed by atoms with Gasteiger partial charge in [-0.25, -0.2) is 0 Å². The maximum absolute atomic E-state index is 8.50. The monoisotopic (exact) mass is 120 g/mol. The van der Waals surface area contributed by atoms with Crippen LogP contribution in [0, 0.1) is 0 Å². The van der Waals surface area contributed by atoms with Gasteiger partial charge in [0, 0.05) is 27.2 Å². The van der Waals surface area contributed by atoms with E-state index in [1.54, 1.807) is 0 Å². The van der Waals surface area contributed by atoms with Gasteiger partial charge >= 0.3 is 0 Å². The van der Waals surface area contributed by atoms with Crippen molar-refractivity contribution in [2.45, 2.75) is 0 Å². The molecule has 0 amide bonds. The van der Waals surface area contributed by atoms with E-state index >= 15 is 0 Å². The van der Waals surface area contributed by atoms with Gasteiger partial charge in [-0.3, -0.25) is 0 Å². The fraction of sp³-hybridized carbons (Fsp3) is 1.00. The summed E-state index contributed by atoms with van der Waals surface area (Å²) in [6.07, 6.45) is 0. The molecule has 0 bridgehead atoms. The van der Waals surface area contributed by atoms with Crippen LogP contribution in [0.4, 0.5) is 0 Å². The molecule has 0 aromatic rings. The fourth-order valence-corrected chi connectivity index (χ4v) is 0.289. The Morgan fingerprint density at radius 2 is 1.25 bits per heavy atom. The highest BCUT2D eigenvalue weighted by Gasteiger charge is 1.92. The number of hydroxylamine groups is 4. The summed E-state index contributed by atoms with van der Waals surface area (Å²) >= 11 is 0. The zero-order valence-electron chi connectivity index (χ0n) is 5.20. The molecule has 0 atom stereocenters. The summed E-state index contributed by atoms with van der Waals surface area (Å²) in [7, 11) is 3.06. The van der Waals surface area contributed by atoms with E-state index in [1.165, 1.54) is 14.1 Å². The minimum atomic E-state index is 0.451. The van der Waals surface area contributed by atoms with Crippen molar-refractivity contribution in [2.75, 3.05) is 27.2 Å². The SMILES string of the molecule is CN(O)CCN(C)O. The lowest BCUT2D eigenvalue weighted by Crippen LogP contribution is -2.26. The summed E-state index contributed by atoms with van der Waals surface area (Å²) in [5, 5.41) is 19.0. The number of hydrogen-bond acceptors (Lipinski definition) is 4. The molecule has 0 fully saturated rings. The number of likely N-dealkylation sites (N-methyl/N-ethyl adjacent to an activating group) is 2. The van der Waals surface area contributed by atoms with E-state index in [0.717, 1.165) is 10.1 Å². The van der Waals surface area contributed by atoms with E-state index in [4.69, 9.17) is 10.4 Å². The van der Waals surface area contributed by atoms with Crippen molar-refractivity contribution in [3.05, 3.63) is 0 Å². The van der Waals surface area contributed by atoms with Gasteiger partial charge in [-0.1, -0.05) is 0 Å². The Kier molecular flexibility index (Phi) is 3.72. The van der Waals surface area contributed by atoms with Crippen LogP contribution in [-0.2, 0) is 0 Å². The van der Waals surface area contributed by atoms with Crippen LogP contribution >= 0.6 is 0 Å². The van der Waals surface area contributed by atoms with Crippen molar-refractivity contribution < 1.29 is 10.4 Å². The van der Waals surface area contributed by atoms with Crippen molar-refractivity contribution in [3.63, 3.8) is 0 Å². The summed E-state index contributed by atoms with van der Waals surface area (Å²) < 4.78 is 0. The predicted octanol–water partition coefficient (Wildman–Crippen LogP) is -0.372. The molecule has 4 heteroatoms. The van der Waals surface area contributed by atoms with Gasteiger partial charge in [0.05, 0.1) is 0 Å². The van der Waals surface area contributed by atoms with Gasteiger partial charge in [0.15, 0.2) is 0 Å². The van der Waals surface area contributed by atoms with Gasteiger partial charge in [-0.15, -0.1) is 0 Å². The normalized spacial score (nSPS) is 11.2. The Hall–Kier alpha value is -0.160. The number of rotatable bonds is 3. The number of hydrogen-bond donors (Lipinski definition) is 2. The van der Waals surface area contributed by atoms with Crippen LogP contribution in [0.1, 0.15) is 0 Å². The first-order valence-electron chi connectivity index (χ1n) is 2.43. The maximum Gasteiger partial charge on any atom is 0.0385 e. The molecule has 0 saturated heterocycles. The second kappa shape index (κ2) is 3.80. The Balaban J connectivity index is 2.93. The van der Waals surface area contributed by atoms with Gasteiger partial charge in [-0.2, -0.15) is 10.1 Å². The van der Waals surface area contributed by atoms with Crippen LogP contribution < -0.4 is 0 Å². The molecular formula is C4H12N2O2. The second-order valence-corrected chi connectivity index (χ2v) is 1.76. The molecule has 0 aliphatic heterocycles. The largest absolute Gasteiger partial charge is 0.314 e. The third kappa shape index (κ3) is 5.84. The van der Waals surface area contributed by atoms with Crippen LogP contribution in [0.2, 0.25) is 0 Å². The van der Waals surface area contributed by atoms with Crippen molar-refractivity contribution in [2.24, 2.45) is 0 Å². The summed E-state index contributed by atoms with van der Waals surface area (Å²) in [5.41, 5.74) is 0. The molecule has 0 rings (SSSR count). The molecule has 4 nitrogen and oxygen atoms in total. The van der Waals surface area contributed by atoms with Crippen molar-refractivity contribution >= 4 is 0 Å². The Labute approximate surface area is 48.9 Å². The van der Waals surface area contributed by atoms with E-state index in [1.807, 2.05) is 0 Å². The molecule has 0 aliphatic rings. The van der Waals surface area contributed by atoms with Gasteiger partial charge in [0.25, 0.3) is 0 Å². The lowest BCUT2D eigenvalue weighted by molar-refractivity contribution is -0.112. The van der Waals surface area contributed by atoms with Crippen LogP contribution in [0.3, 0.4) is 0 Å². The molecule has 8 heavy (non-hydrogen) atoms. The molecule has 0 heterocycles. The van der Waals surface area contributed by atoms with E-state index in [0.29, 0.717) is 13.1 Å². The molecule has 0 spiro atoms. The molecule has 0 aromatic carbocycles. The second-order valence-electron chi connectivity index (χ2n) is 1.76. The first-order valence-corrected chi connectivity index (χ1v) is 2.43. The quantitative estimate of drug-likeness (QED) is 0.499. The molecule has 2 N–H and O–H groups in total. The summed E-state index contributed by atoms with van der Waals surface area (Å²) in [6, 6.07) is 0. The third-order valence-corrected chi connectivity index (χ3v) is 0.747. The highest BCUT2D eigenvalue weighted by atomic mass is 16.5.